The van der Waals surface area contributed by atoms with E-state index < -0.39 is 12.0 Å². The SMILES string of the molecule is C=CCN(CC(=O)O)C(=O)NC(C)c1ccco1. The first-order valence-corrected chi connectivity index (χ1v) is 5.46. The van der Waals surface area contributed by atoms with Crippen molar-refractivity contribution < 1.29 is 19.1 Å². The predicted molar refractivity (Wildman–Crippen MR) is 65.1 cm³/mol. The van der Waals surface area contributed by atoms with Crippen LogP contribution in [0.3, 0.4) is 0 Å². The van der Waals surface area contributed by atoms with Crippen LogP contribution in [0.2, 0.25) is 0 Å². The summed E-state index contributed by atoms with van der Waals surface area (Å²) in [7, 11) is 0. The maximum atomic E-state index is 11.8. The van der Waals surface area contributed by atoms with Crippen LogP contribution in [0.25, 0.3) is 0 Å². The summed E-state index contributed by atoms with van der Waals surface area (Å²) in [6.45, 7) is 5.04. The van der Waals surface area contributed by atoms with Gasteiger partial charge in [0.25, 0.3) is 0 Å². The number of carboxylic acids is 1. The minimum atomic E-state index is -1.07. The van der Waals surface area contributed by atoms with Gasteiger partial charge in [0.05, 0.1) is 12.3 Å². The van der Waals surface area contributed by atoms with Crippen LogP contribution >= 0.6 is 0 Å². The zero-order valence-corrected chi connectivity index (χ0v) is 10.1. The highest BCUT2D eigenvalue weighted by atomic mass is 16.4. The van der Waals surface area contributed by atoms with E-state index in [-0.39, 0.29) is 19.1 Å². The second-order valence-electron chi connectivity index (χ2n) is 3.75. The molecule has 1 unspecified atom stereocenters. The van der Waals surface area contributed by atoms with Crippen LogP contribution in [-0.4, -0.2) is 35.1 Å². The molecule has 6 heteroatoms. The van der Waals surface area contributed by atoms with E-state index in [1.54, 1.807) is 19.1 Å². The first kappa shape index (κ1) is 13.8. The molecule has 98 valence electrons. The van der Waals surface area contributed by atoms with Crippen LogP contribution in [0, 0.1) is 0 Å². The van der Waals surface area contributed by atoms with Gasteiger partial charge >= 0.3 is 12.0 Å². The van der Waals surface area contributed by atoms with Crippen molar-refractivity contribution in [2.45, 2.75) is 13.0 Å². The Kier molecular flexibility index (Phi) is 4.98. The number of carbonyl (C=O) groups is 2. The highest BCUT2D eigenvalue weighted by molar-refractivity contribution is 5.80. The summed E-state index contributed by atoms with van der Waals surface area (Å²) >= 11 is 0. The number of rotatable bonds is 6. The normalized spacial score (nSPS) is 11.6. The van der Waals surface area contributed by atoms with Crippen LogP contribution in [0.1, 0.15) is 18.7 Å². The number of carboxylic acid groups (broad SMARTS) is 1. The van der Waals surface area contributed by atoms with Crippen molar-refractivity contribution in [1.82, 2.24) is 10.2 Å². The zero-order chi connectivity index (χ0) is 13.5. The number of nitrogens with one attached hydrogen (secondary N) is 1. The molecule has 0 aliphatic rings. The lowest BCUT2D eigenvalue weighted by Crippen LogP contribution is -2.43. The number of nitrogens with zero attached hydrogens (tertiary/aromatic N) is 1. The lowest BCUT2D eigenvalue weighted by molar-refractivity contribution is -0.137. The number of amides is 2. The lowest BCUT2D eigenvalue weighted by Gasteiger charge is -2.21. The van der Waals surface area contributed by atoms with Crippen molar-refractivity contribution in [1.29, 1.82) is 0 Å². The molecule has 0 bridgehead atoms. The van der Waals surface area contributed by atoms with E-state index in [0.29, 0.717) is 5.76 Å². The molecular weight excluding hydrogens is 236 g/mol. The van der Waals surface area contributed by atoms with Gasteiger partial charge in [-0.25, -0.2) is 4.79 Å². The third kappa shape index (κ3) is 3.97. The van der Waals surface area contributed by atoms with Gasteiger partial charge in [-0.3, -0.25) is 4.79 Å². The maximum Gasteiger partial charge on any atom is 0.323 e. The average Bonchev–Trinajstić information content (AvgIpc) is 2.81. The molecule has 1 aromatic rings. The molecule has 1 heterocycles. The predicted octanol–water partition coefficient (Wildman–Crippen LogP) is 1.62. The van der Waals surface area contributed by atoms with E-state index in [1.165, 1.54) is 12.3 Å². The molecule has 0 radical (unpaired) electrons. The second kappa shape index (κ2) is 6.48. The number of hydrogen-bond acceptors (Lipinski definition) is 3. The number of hydrogen-bond donors (Lipinski definition) is 2. The topological polar surface area (TPSA) is 82.8 Å². The van der Waals surface area contributed by atoms with E-state index >= 15 is 0 Å². The molecule has 6 nitrogen and oxygen atoms in total. The highest BCUT2D eigenvalue weighted by Crippen LogP contribution is 2.12. The van der Waals surface area contributed by atoms with E-state index in [9.17, 15) is 9.59 Å². The third-order valence-electron chi connectivity index (χ3n) is 2.27. The summed E-state index contributed by atoms with van der Waals surface area (Å²) in [6, 6.07) is 2.66. The fourth-order valence-electron chi connectivity index (χ4n) is 1.42. The lowest BCUT2D eigenvalue weighted by atomic mass is 10.2. The Balaban J connectivity index is 2.60. The smallest absolute Gasteiger partial charge is 0.323 e. The van der Waals surface area contributed by atoms with Crippen LogP contribution < -0.4 is 5.32 Å². The third-order valence-corrected chi connectivity index (χ3v) is 2.27. The second-order valence-corrected chi connectivity index (χ2v) is 3.75. The van der Waals surface area contributed by atoms with Crippen molar-refractivity contribution in [3.05, 3.63) is 36.8 Å². The van der Waals surface area contributed by atoms with E-state index in [2.05, 4.69) is 11.9 Å². The zero-order valence-electron chi connectivity index (χ0n) is 10.1. The van der Waals surface area contributed by atoms with Gasteiger partial charge in [0.2, 0.25) is 0 Å². The Labute approximate surface area is 105 Å². The quantitative estimate of drug-likeness (QED) is 0.754. The van der Waals surface area contributed by atoms with Crippen LogP contribution in [0.15, 0.2) is 35.5 Å². The van der Waals surface area contributed by atoms with Gasteiger partial charge in [-0.1, -0.05) is 6.08 Å². The molecule has 1 atom stereocenters. The van der Waals surface area contributed by atoms with Crippen LogP contribution in [0.5, 0.6) is 0 Å². The summed E-state index contributed by atoms with van der Waals surface area (Å²) in [5.74, 6) is -0.463. The number of aliphatic carboxylic acids is 1. The Bertz CT molecular complexity index is 414. The average molecular weight is 252 g/mol. The molecule has 0 aliphatic heterocycles. The largest absolute Gasteiger partial charge is 0.480 e. The summed E-state index contributed by atoms with van der Waals surface area (Å²) in [6.07, 6.45) is 2.98. The van der Waals surface area contributed by atoms with Gasteiger partial charge in [0, 0.05) is 6.54 Å². The van der Waals surface area contributed by atoms with Gasteiger partial charge in [-0.15, -0.1) is 6.58 Å². The van der Waals surface area contributed by atoms with Crippen molar-refractivity contribution in [3.63, 3.8) is 0 Å². The fraction of sp³-hybridized carbons (Fsp3) is 0.333. The summed E-state index contributed by atoms with van der Waals surface area (Å²) < 4.78 is 5.15. The van der Waals surface area contributed by atoms with Gasteiger partial charge in [-0.05, 0) is 19.1 Å². The minimum absolute atomic E-state index is 0.170. The van der Waals surface area contributed by atoms with Gasteiger partial charge < -0.3 is 19.7 Å². The number of urea groups is 1. The minimum Gasteiger partial charge on any atom is -0.480 e. The molecule has 0 saturated carbocycles. The monoisotopic (exact) mass is 252 g/mol. The van der Waals surface area contributed by atoms with Gasteiger partial charge in [0.1, 0.15) is 12.3 Å². The maximum absolute atomic E-state index is 11.8. The van der Waals surface area contributed by atoms with Crippen molar-refractivity contribution in [2.24, 2.45) is 0 Å². The van der Waals surface area contributed by atoms with Crippen molar-refractivity contribution >= 4 is 12.0 Å². The molecule has 2 amide bonds. The first-order chi connectivity index (χ1) is 8.54. The Morgan fingerprint density at radius 3 is 2.89 bits per heavy atom. The highest BCUT2D eigenvalue weighted by Gasteiger charge is 2.18. The summed E-state index contributed by atoms with van der Waals surface area (Å²) in [5.41, 5.74) is 0. The number of furan rings is 1. The fourth-order valence-corrected chi connectivity index (χ4v) is 1.42. The van der Waals surface area contributed by atoms with Crippen LogP contribution in [0.4, 0.5) is 4.79 Å². The Morgan fingerprint density at radius 2 is 2.39 bits per heavy atom. The van der Waals surface area contributed by atoms with Gasteiger partial charge in [0.15, 0.2) is 0 Å². The van der Waals surface area contributed by atoms with Gasteiger partial charge in [-0.2, -0.15) is 0 Å². The van der Waals surface area contributed by atoms with Crippen molar-refractivity contribution in [3.8, 4) is 0 Å². The Hall–Kier alpha value is -2.24. The molecule has 0 aromatic carbocycles. The molecule has 1 aromatic heterocycles. The number of carbonyl (C=O) groups excluding carboxylic acids is 1. The van der Waals surface area contributed by atoms with Crippen LogP contribution in [-0.2, 0) is 4.79 Å². The molecule has 2 N–H and O–H groups in total. The molecule has 18 heavy (non-hydrogen) atoms. The molecule has 0 aliphatic carbocycles. The van der Waals surface area contributed by atoms with E-state index in [4.69, 9.17) is 9.52 Å². The standard InChI is InChI=1S/C12H16N2O4/c1-3-6-14(8-11(15)16)12(17)13-9(2)10-5-4-7-18-10/h3-5,7,9H,1,6,8H2,2H3,(H,13,17)(H,15,16). The molecule has 1 rings (SSSR count). The van der Waals surface area contributed by atoms with E-state index in [1.807, 2.05) is 0 Å². The molecular formula is C12H16N2O4. The summed E-state index contributed by atoms with van der Waals surface area (Å²) in [4.78, 5) is 23.6. The first-order valence-electron chi connectivity index (χ1n) is 5.46. The molecule has 0 spiro atoms. The van der Waals surface area contributed by atoms with Crippen molar-refractivity contribution in [2.75, 3.05) is 13.1 Å². The Morgan fingerprint density at radius 1 is 1.67 bits per heavy atom. The molecule has 0 fully saturated rings. The van der Waals surface area contributed by atoms with E-state index in [0.717, 1.165) is 4.90 Å². The molecule has 0 saturated heterocycles. The summed E-state index contributed by atoms with van der Waals surface area (Å²) in [5, 5.41) is 11.4.